The molecule has 0 unspecified atom stereocenters. The molecular formula is C18H13ClN2O4. The molecule has 0 atom stereocenters. The summed E-state index contributed by atoms with van der Waals surface area (Å²) in [7, 11) is 0. The highest BCUT2D eigenvalue weighted by molar-refractivity contribution is 6.30. The second-order valence-corrected chi connectivity index (χ2v) is 5.82. The fourth-order valence-electron chi connectivity index (χ4n) is 2.31. The highest BCUT2D eigenvalue weighted by Crippen LogP contribution is 2.25. The Morgan fingerprint density at radius 2 is 1.84 bits per heavy atom. The third-order valence-electron chi connectivity index (χ3n) is 3.63. The maximum atomic E-state index is 12.3. The lowest BCUT2D eigenvalue weighted by atomic mass is 10.1. The number of benzene rings is 2. The van der Waals surface area contributed by atoms with Crippen molar-refractivity contribution in [3.05, 3.63) is 81.1 Å². The van der Waals surface area contributed by atoms with Crippen molar-refractivity contribution in [2.45, 2.75) is 6.92 Å². The number of nitro groups is 1. The molecule has 1 heterocycles. The molecule has 6 nitrogen and oxygen atoms in total. The zero-order valence-electron chi connectivity index (χ0n) is 13.2. The normalized spacial score (nSPS) is 10.5. The van der Waals surface area contributed by atoms with Crippen LogP contribution < -0.4 is 5.32 Å². The van der Waals surface area contributed by atoms with Crippen LogP contribution in [0, 0.1) is 17.0 Å². The quantitative estimate of drug-likeness (QED) is 0.522. The van der Waals surface area contributed by atoms with E-state index in [1.54, 1.807) is 43.3 Å². The van der Waals surface area contributed by atoms with Gasteiger partial charge in [-0.3, -0.25) is 14.9 Å². The first-order valence-corrected chi connectivity index (χ1v) is 7.74. The van der Waals surface area contributed by atoms with Crippen molar-refractivity contribution >= 4 is 28.9 Å². The van der Waals surface area contributed by atoms with Crippen LogP contribution in [-0.4, -0.2) is 10.8 Å². The molecule has 2 aromatic carbocycles. The van der Waals surface area contributed by atoms with Gasteiger partial charge in [0, 0.05) is 28.4 Å². The van der Waals surface area contributed by atoms with Gasteiger partial charge in [0.25, 0.3) is 11.6 Å². The van der Waals surface area contributed by atoms with Crippen LogP contribution in [0.3, 0.4) is 0 Å². The SMILES string of the molecule is Cc1cc([N+](=O)[O-])ccc1NC(=O)c1ccc(-c2ccc(Cl)cc2)o1. The smallest absolute Gasteiger partial charge is 0.291 e. The molecule has 0 aliphatic heterocycles. The van der Waals surface area contributed by atoms with Gasteiger partial charge in [0.05, 0.1) is 4.92 Å². The van der Waals surface area contributed by atoms with E-state index in [1.807, 2.05) is 0 Å². The molecule has 1 aromatic heterocycles. The maximum Gasteiger partial charge on any atom is 0.291 e. The van der Waals surface area contributed by atoms with E-state index in [0.717, 1.165) is 5.56 Å². The fourth-order valence-corrected chi connectivity index (χ4v) is 2.44. The van der Waals surface area contributed by atoms with Crippen LogP contribution in [0.1, 0.15) is 16.1 Å². The van der Waals surface area contributed by atoms with E-state index < -0.39 is 10.8 Å². The van der Waals surface area contributed by atoms with E-state index in [-0.39, 0.29) is 11.4 Å². The Kier molecular flexibility index (Phi) is 4.54. The molecule has 0 bridgehead atoms. The second-order valence-electron chi connectivity index (χ2n) is 5.38. The molecule has 7 heteroatoms. The Morgan fingerprint density at radius 1 is 1.12 bits per heavy atom. The van der Waals surface area contributed by atoms with Gasteiger partial charge < -0.3 is 9.73 Å². The van der Waals surface area contributed by atoms with E-state index in [4.69, 9.17) is 16.0 Å². The molecule has 0 saturated heterocycles. The Labute approximate surface area is 148 Å². The highest BCUT2D eigenvalue weighted by atomic mass is 35.5. The lowest BCUT2D eigenvalue weighted by Crippen LogP contribution is -2.11. The Bertz CT molecular complexity index is 948. The number of furan rings is 1. The van der Waals surface area contributed by atoms with Crippen molar-refractivity contribution in [1.82, 2.24) is 0 Å². The van der Waals surface area contributed by atoms with E-state index in [1.165, 1.54) is 18.2 Å². The van der Waals surface area contributed by atoms with E-state index in [0.29, 0.717) is 22.0 Å². The molecule has 0 radical (unpaired) electrons. The number of rotatable bonds is 4. The number of carbonyl (C=O) groups excluding carboxylic acids is 1. The second kappa shape index (κ2) is 6.78. The largest absolute Gasteiger partial charge is 0.451 e. The summed E-state index contributed by atoms with van der Waals surface area (Å²) in [6.07, 6.45) is 0. The van der Waals surface area contributed by atoms with Crippen molar-refractivity contribution in [3.8, 4) is 11.3 Å². The number of aryl methyl sites for hydroxylation is 1. The Balaban J connectivity index is 1.78. The Morgan fingerprint density at radius 3 is 2.48 bits per heavy atom. The van der Waals surface area contributed by atoms with E-state index in [2.05, 4.69) is 5.32 Å². The molecule has 0 spiro atoms. The first-order valence-electron chi connectivity index (χ1n) is 7.36. The lowest BCUT2D eigenvalue weighted by Gasteiger charge is -2.06. The molecule has 0 fully saturated rings. The van der Waals surface area contributed by atoms with Gasteiger partial charge in [-0.15, -0.1) is 0 Å². The number of hydrogen-bond acceptors (Lipinski definition) is 4. The minimum atomic E-state index is -0.483. The molecule has 0 aliphatic carbocycles. The first-order chi connectivity index (χ1) is 11.9. The van der Waals surface area contributed by atoms with Gasteiger partial charge in [-0.05, 0) is 55.0 Å². The van der Waals surface area contributed by atoms with Gasteiger partial charge in [0.15, 0.2) is 5.76 Å². The summed E-state index contributed by atoms with van der Waals surface area (Å²) in [5, 5.41) is 14.1. The van der Waals surface area contributed by atoms with Gasteiger partial charge in [0.2, 0.25) is 0 Å². The van der Waals surface area contributed by atoms with Crippen molar-refractivity contribution in [2.24, 2.45) is 0 Å². The molecule has 0 saturated carbocycles. The third-order valence-corrected chi connectivity index (χ3v) is 3.88. The summed E-state index contributed by atoms with van der Waals surface area (Å²) in [5.41, 5.74) is 1.85. The molecule has 25 heavy (non-hydrogen) atoms. The Hall–Kier alpha value is -3.12. The van der Waals surface area contributed by atoms with Gasteiger partial charge in [-0.2, -0.15) is 0 Å². The zero-order chi connectivity index (χ0) is 18.0. The van der Waals surface area contributed by atoms with Crippen LogP contribution in [0.2, 0.25) is 5.02 Å². The summed E-state index contributed by atoms with van der Waals surface area (Å²) in [6, 6.07) is 14.6. The van der Waals surface area contributed by atoms with Crippen molar-refractivity contribution in [3.63, 3.8) is 0 Å². The number of non-ortho nitro benzene ring substituents is 1. The van der Waals surface area contributed by atoms with Crippen molar-refractivity contribution < 1.29 is 14.1 Å². The van der Waals surface area contributed by atoms with Crippen LogP contribution >= 0.6 is 11.6 Å². The van der Waals surface area contributed by atoms with Crippen LogP contribution in [0.25, 0.3) is 11.3 Å². The zero-order valence-corrected chi connectivity index (χ0v) is 13.9. The number of nitrogens with one attached hydrogen (secondary N) is 1. The third kappa shape index (κ3) is 3.70. The molecule has 1 amide bonds. The summed E-state index contributed by atoms with van der Waals surface area (Å²) in [4.78, 5) is 22.6. The number of nitro benzene ring substituents is 1. The fraction of sp³-hybridized carbons (Fsp3) is 0.0556. The van der Waals surface area contributed by atoms with Gasteiger partial charge >= 0.3 is 0 Å². The predicted octanol–water partition coefficient (Wildman–Crippen LogP) is 5.07. The average Bonchev–Trinajstić information content (AvgIpc) is 3.07. The number of anilines is 1. The molecule has 3 aromatic rings. The summed E-state index contributed by atoms with van der Waals surface area (Å²) in [6.45, 7) is 1.68. The number of hydrogen-bond donors (Lipinski definition) is 1. The monoisotopic (exact) mass is 356 g/mol. The number of nitrogens with zero attached hydrogens (tertiary/aromatic N) is 1. The lowest BCUT2D eigenvalue weighted by molar-refractivity contribution is -0.384. The number of carbonyl (C=O) groups is 1. The first kappa shape index (κ1) is 16.7. The summed E-state index contributed by atoms with van der Waals surface area (Å²) < 4.78 is 5.58. The average molecular weight is 357 g/mol. The molecule has 0 aliphatic rings. The van der Waals surface area contributed by atoms with Crippen molar-refractivity contribution in [1.29, 1.82) is 0 Å². The predicted molar refractivity (Wildman–Crippen MR) is 94.9 cm³/mol. The van der Waals surface area contributed by atoms with Crippen LogP contribution in [-0.2, 0) is 0 Å². The van der Waals surface area contributed by atoms with Crippen LogP contribution in [0.5, 0.6) is 0 Å². The highest BCUT2D eigenvalue weighted by Gasteiger charge is 2.15. The van der Waals surface area contributed by atoms with Crippen molar-refractivity contribution in [2.75, 3.05) is 5.32 Å². The molecule has 3 rings (SSSR count). The molecule has 1 N–H and O–H groups in total. The number of halogens is 1. The van der Waals surface area contributed by atoms with E-state index in [9.17, 15) is 14.9 Å². The summed E-state index contributed by atoms with van der Waals surface area (Å²) in [5.74, 6) is 0.252. The molecule has 126 valence electrons. The topological polar surface area (TPSA) is 85.4 Å². The van der Waals surface area contributed by atoms with Gasteiger partial charge in [-0.25, -0.2) is 0 Å². The van der Waals surface area contributed by atoms with Gasteiger partial charge in [-0.1, -0.05) is 11.6 Å². The van der Waals surface area contributed by atoms with Gasteiger partial charge in [0.1, 0.15) is 5.76 Å². The minimum absolute atomic E-state index is 0.0291. The van der Waals surface area contributed by atoms with E-state index >= 15 is 0 Å². The molecular weight excluding hydrogens is 344 g/mol. The van der Waals surface area contributed by atoms with Crippen LogP contribution in [0.15, 0.2) is 59.0 Å². The maximum absolute atomic E-state index is 12.3. The standard InChI is InChI=1S/C18H13ClN2O4/c1-11-10-14(21(23)24)6-7-15(11)20-18(22)17-9-8-16(25-17)12-2-4-13(19)5-3-12/h2-10H,1H3,(H,20,22). The summed E-state index contributed by atoms with van der Waals surface area (Å²) >= 11 is 5.85. The van der Waals surface area contributed by atoms with Crippen LogP contribution in [0.4, 0.5) is 11.4 Å². The minimum Gasteiger partial charge on any atom is -0.451 e. The number of amides is 1.